The van der Waals surface area contributed by atoms with E-state index < -0.39 is 0 Å². The first-order valence-electron chi connectivity index (χ1n) is 9.08. The van der Waals surface area contributed by atoms with Crippen molar-refractivity contribution < 1.29 is 4.74 Å². The lowest BCUT2D eigenvalue weighted by molar-refractivity contribution is -0.107. The summed E-state index contributed by atoms with van der Waals surface area (Å²) in [6.07, 6.45) is 8.47. The van der Waals surface area contributed by atoms with Gasteiger partial charge in [-0.15, -0.1) is 10.2 Å². The lowest BCUT2D eigenvalue weighted by Gasteiger charge is -2.43. The molecule has 134 valence electrons. The van der Waals surface area contributed by atoms with E-state index in [0.717, 1.165) is 37.1 Å². The van der Waals surface area contributed by atoms with E-state index in [-0.39, 0.29) is 5.60 Å². The number of aliphatic imine (C=N–C) groups is 1. The fourth-order valence-electron chi connectivity index (χ4n) is 3.85. The molecule has 1 aliphatic heterocycles. The SMILES string of the molecule is CN=C(NCc1nnc(C)n1C)NC1CCOC2(CCCCC2)C1. The molecule has 1 atom stereocenters. The molecule has 1 aromatic rings. The van der Waals surface area contributed by atoms with Gasteiger partial charge in [0, 0.05) is 26.7 Å². The second-order valence-corrected chi connectivity index (χ2v) is 7.07. The number of nitrogens with one attached hydrogen (secondary N) is 2. The van der Waals surface area contributed by atoms with Gasteiger partial charge in [0.15, 0.2) is 11.8 Å². The first-order valence-corrected chi connectivity index (χ1v) is 9.08. The highest BCUT2D eigenvalue weighted by Crippen LogP contribution is 2.38. The van der Waals surface area contributed by atoms with Crippen LogP contribution in [0.25, 0.3) is 0 Å². The third kappa shape index (κ3) is 3.88. The summed E-state index contributed by atoms with van der Waals surface area (Å²) in [7, 11) is 3.79. The summed E-state index contributed by atoms with van der Waals surface area (Å²) < 4.78 is 8.17. The highest BCUT2D eigenvalue weighted by molar-refractivity contribution is 5.79. The number of hydrogen-bond acceptors (Lipinski definition) is 4. The number of aromatic nitrogens is 3. The van der Waals surface area contributed by atoms with Crippen molar-refractivity contribution in [3.05, 3.63) is 11.6 Å². The molecule has 0 radical (unpaired) electrons. The predicted octanol–water partition coefficient (Wildman–Crippen LogP) is 1.67. The topological polar surface area (TPSA) is 76.4 Å². The second kappa shape index (κ2) is 7.51. The van der Waals surface area contributed by atoms with Gasteiger partial charge in [0.2, 0.25) is 0 Å². The van der Waals surface area contributed by atoms with Gasteiger partial charge >= 0.3 is 0 Å². The Balaban J connectivity index is 1.54. The van der Waals surface area contributed by atoms with Crippen LogP contribution in [0.4, 0.5) is 0 Å². The van der Waals surface area contributed by atoms with Crippen LogP contribution >= 0.6 is 0 Å². The number of guanidine groups is 1. The highest BCUT2D eigenvalue weighted by atomic mass is 16.5. The van der Waals surface area contributed by atoms with Crippen LogP contribution in [-0.4, -0.2) is 46.0 Å². The van der Waals surface area contributed by atoms with E-state index in [1.807, 2.05) is 25.6 Å². The summed E-state index contributed by atoms with van der Waals surface area (Å²) in [5.41, 5.74) is 0.105. The van der Waals surface area contributed by atoms with Crippen LogP contribution in [0.15, 0.2) is 4.99 Å². The average Bonchev–Trinajstić information content (AvgIpc) is 2.91. The van der Waals surface area contributed by atoms with Gasteiger partial charge in [0.1, 0.15) is 5.82 Å². The van der Waals surface area contributed by atoms with Crippen LogP contribution < -0.4 is 10.6 Å². The Bertz CT molecular complexity index is 570. The van der Waals surface area contributed by atoms with Gasteiger partial charge in [0.25, 0.3) is 0 Å². The fraction of sp³-hybridized carbons (Fsp3) is 0.824. The van der Waals surface area contributed by atoms with E-state index in [1.54, 1.807) is 0 Å². The number of hydrogen-bond donors (Lipinski definition) is 2. The largest absolute Gasteiger partial charge is 0.375 e. The van der Waals surface area contributed by atoms with Gasteiger partial charge in [0.05, 0.1) is 12.1 Å². The third-order valence-electron chi connectivity index (χ3n) is 5.42. The summed E-state index contributed by atoms with van der Waals surface area (Å²) in [5.74, 6) is 2.65. The predicted molar refractivity (Wildman–Crippen MR) is 93.9 cm³/mol. The van der Waals surface area contributed by atoms with Crippen LogP contribution in [0.1, 0.15) is 56.6 Å². The maximum Gasteiger partial charge on any atom is 0.191 e. The lowest BCUT2D eigenvalue weighted by Crippen LogP contribution is -2.52. The Hall–Kier alpha value is -1.63. The monoisotopic (exact) mass is 334 g/mol. The standard InChI is InChI=1S/C17H30N6O/c1-13-21-22-15(23(13)3)12-19-16(18-2)20-14-7-10-24-17(11-14)8-5-4-6-9-17/h14H,4-12H2,1-3H3,(H2,18,19,20). The van der Waals surface area contributed by atoms with Gasteiger partial charge in [-0.25, -0.2) is 0 Å². The molecule has 1 aromatic heterocycles. The maximum atomic E-state index is 6.18. The molecular weight excluding hydrogens is 304 g/mol. The lowest BCUT2D eigenvalue weighted by atomic mass is 9.78. The molecule has 1 saturated heterocycles. The molecule has 0 bridgehead atoms. The molecule has 7 heteroatoms. The highest BCUT2D eigenvalue weighted by Gasteiger charge is 2.38. The minimum Gasteiger partial charge on any atom is -0.375 e. The summed E-state index contributed by atoms with van der Waals surface area (Å²) in [5, 5.41) is 15.2. The van der Waals surface area contributed by atoms with Crippen molar-refractivity contribution in [2.45, 2.75) is 70.1 Å². The van der Waals surface area contributed by atoms with E-state index in [4.69, 9.17) is 4.74 Å². The molecule has 2 heterocycles. The second-order valence-electron chi connectivity index (χ2n) is 7.07. The molecular formula is C17H30N6O. The smallest absolute Gasteiger partial charge is 0.191 e. The van der Waals surface area contributed by atoms with Crippen molar-refractivity contribution in [2.75, 3.05) is 13.7 Å². The van der Waals surface area contributed by atoms with E-state index in [0.29, 0.717) is 12.6 Å². The van der Waals surface area contributed by atoms with Gasteiger partial charge in [-0.2, -0.15) is 0 Å². The average molecular weight is 334 g/mol. The third-order valence-corrected chi connectivity index (χ3v) is 5.42. The molecule has 0 amide bonds. The van der Waals surface area contributed by atoms with E-state index in [1.165, 1.54) is 32.1 Å². The molecule has 2 aliphatic rings. The molecule has 3 rings (SSSR count). The molecule has 1 saturated carbocycles. The summed E-state index contributed by atoms with van der Waals surface area (Å²) >= 11 is 0. The Kier molecular flexibility index (Phi) is 5.38. The number of nitrogens with zero attached hydrogens (tertiary/aromatic N) is 4. The van der Waals surface area contributed by atoms with E-state index in [2.05, 4.69) is 25.8 Å². The minimum absolute atomic E-state index is 0.105. The zero-order valence-corrected chi connectivity index (χ0v) is 15.1. The van der Waals surface area contributed by atoms with Gasteiger partial charge < -0.3 is 19.9 Å². The van der Waals surface area contributed by atoms with Gasteiger partial charge in [-0.1, -0.05) is 19.3 Å². The first-order chi connectivity index (χ1) is 11.6. The van der Waals surface area contributed by atoms with Crippen molar-refractivity contribution in [1.82, 2.24) is 25.4 Å². The molecule has 1 aliphatic carbocycles. The molecule has 2 fully saturated rings. The molecule has 2 N–H and O–H groups in total. The fourth-order valence-corrected chi connectivity index (χ4v) is 3.85. The summed E-state index contributed by atoms with van der Waals surface area (Å²) in [6.45, 7) is 3.41. The Morgan fingerprint density at radius 2 is 2.12 bits per heavy atom. The van der Waals surface area contributed by atoms with Crippen molar-refractivity contribution in [3.63, 3.8) is 0 Å². The molecule has 1 spiro atoms. The maximum absolute atomic E-state index is 6.18. The van der Waals surface area contributed by atoms with Crippen molar-refractivity contribution >= 4 is 5.96 Å². The van der Waals surface area contributed by atoms with Crippen LogP contribution in [0.3, 0.4) is 0 Å². The van der Waals surface area contributed by atoms with Crippen LogP contribution in [0, 0.1) is 6.92 Å². The first kappa shape index (κ1) is 17.2. The Morgan fingerprint density at radius 1 is 1.33 bits per heavy atom. The molecule has 0 aromatic carbocycles. The van der Waals surface area contributed by atoms with Crippen molar-refractivity contribution in [1.29, 1.82) is 0 Å². The number of rotatable bonds is 3. The summed E-state index contributed by atoms with van der Waals surface area (Å²) in [4.78, 5) is 4.36. The van der Waals surface area contributed by atoms with Gasteiger partial charge in [-0.05, 0) is 32.6 Å². The summed E-state index contributed by atoms with van der Waals surface area (Å²) in [6, 6.07) is 0.421. The van der Waals surface area contributed by atoms with Gasteiger partial charge in [-0.3, -0.25) is 4.99 Å². The zero-order chi connectivity index (χ0) is 17.0. The quantitative estimate of drug-likeness (QED) is 0.649. The van der Waals surface area contributed by atoms with Crippen molar-refractivity contribution in [2.24, 2.45) is 12.0 Å². The Labute approximate surface area is 144 Å². The van der Waals surface area contributed by atoms with E-state index >= 15 is 0 Å². The Morgan fingerprint density at radius 3 is 2.79 bits per heavy atom. The van der Waals surface area contributed by atoms with Crippen LogP contribution in [-0.2, 0) is 18.3 Å². The van der Waals surface area contributed by atoms with Crippen molar-refractivity contribution in [3.8, 4) is 0 Å². The van der Waals surface area contributed by atoms with E-state index in [9.17, 15) is 0 Å². The minimum atomic E-state index is 0.105. The zero-order valence-electron chi connectivity index (χ0n) is 15.1. The number of aryl methyl sites for hydroxylation is 1. The molecule has 24 heavy (non-hydrogen) atoms. The van der Waals surface area contributed by atoms with Crippen LogP contribution in [0.5, 0.6) is 0 Å². The number of ether oxygens (including phenoxy) is 1. The molecule has 7 nitrogen and oxygen atoms in total. The van der Waals surface area contributed by atoms with Crippen LogP contribution in [0.2, 0.25) is 0 Å². The normalized spacial score (nSPS) is 24.1. The molecule has 1 unspecified atom stereocenters.